The Morgan fingerprint density at radius 3 is 2.79 bits per heavy atom. The van der Waals surface area contributed by atoms with Gasteiger partial charge in [0.2, 0.25) is 5.91 Å². The minimum atomic E-state index is -4.33. The van der Waals surface area contributed by atoms with E-state index in [2.05, 4.69) is 16.3 Å². The highest BCUT2D eigenvalue weighted by Gasteiger charge is 2.27. The van der Waals surface area contributed by atoms with Gasteiger partial charge in [-0.3, -0.25) is 4.79 Å². The summed E-state index contributed by atoms with van der Waals surface area (Å²) in [4.78, 5) is 11.6. The monoisotopic (exact) mass is 299 g/mol. The van der Waals surface area contributed by atoms with E-state index in [0.717, 1.165) is 19.3 Å². The van der Waals surface area contributed by atoms with Gasteiger partial charge in [-0.1, -0.05) is 6.42 Å². The average Bonchev–Trinajstić information content (AvgIpc) is 2.34. The molecule has 0 saturated heterocycles. The Labute approximate surface area is 115 Å². The van der Waals surface area contributed by atoms with E-state index >= 15 is 0 Å². The number of rotatable bonds is 6. The molecule has 3 nitrogen and oxygen atoms in total. The van der Waals surface area contributed by atoms with Crippen molar-refractivity contribution in [2.75, 3.05) is 19.5 Å². The summed E-state index contributed by atoms with van der Waals surface area (Å²) in [6, 6.07) is 0.154. The lowest BCUT2D eigenvalue weighted by atomic mass is 9.95. The van der Waals surface area contributed by atoms with Gasteiger partial charge in [-0.05, 0) is 25.5 Å². The summed E-state index contributed by atoms with van der Waals surface area (Å²) in [6.07, 6.45) is 1.85. The molecule has 0 spiro atoms. The number of carbonyl (C=O) groups excluding carboxylic acids is 1. The number of alkyl halides is 3. The van der Waals surface area contributed by atoms with Crippen molar-refractivity contribution in [3.63, 3.8) is 0 Å². The van der Waals surface area contributed by atoms with Crippen LogP contribution in [0.25, 0.3) is 0 Å². The third-order valence-corrected chi connectivity index (χ3v) is 4.16. The molecule has 0 aromatic rings. The van der Waals surface area contributed by atoms with Crippen LogP contribution >= 0.6 is 11.8 Å². The minimum Gasteiger partial charge on any atom is -0.372 e. The summed E-state index contributed by atoms with van der Waals surface area (Å²) >= 11 is 1.80. The largest absolute Gasteiger partial charge is 0.411 e. The number of thioether (sulfide) groups is 1. The smallest absolute Gasteiger partial charge is 0.372 e. The highest BCUT2D eigenvalue weighted by atomic mass is 32.2. The van der Waals surface area contributed by atoms with Crippen LogP contribution in [0.4, 0.5) is 13.2 Å². The number of hydrogen-bond donors (Lipinski definition) is 1. The third-order valence-electron chi connectivity index (χ3n) is 3.06. The molecule has 1 saturated carbocycles. The Hall–Kier alpha value is -0.430. The van der Waals surface area contributed by atoms with E-state index in [1.165, 1.54) is 6.42 Å². The van der Waals surface area contributed by atoms with Gasteiger partial charge in [0.05, 0.1) is 6.61 Å². The predicted molar refractivity (Wildman–Crippen MR) is 69.2 cm³/mol. The molecule has 1 aliphatic rings. The Kier molecular flexibility index (Phi) is 6.99. The standard InChI is InChI=1S/C12H20F3NO2S/c1-19-10-4-2-3-9(7-10)16-11(17)5-6-18-8-12(13,14)15/h9-10H,2-8H2,1H3,(H,16,17)/t9-,10+/m0/s1. The highest BCUT2D eigenvalue weighted by molar-refractivity contribution is 7.99. The maximum Gasteiger partial charge on any atom is 0.411 e. The maximum absolute atomic E-state index is 11.8. The van der Waals surface area contributed by atoms with Crippen LogP contribution < -0.4 is 5.32 Å². The van der Waals surface area contributed by atoms with Crippen LogP contribution in [-0.4, -0.2) is 42.8 Å². The van der Waals surface area contributed by atoms with Crippen LogP contribution in [0.5, 0.6) is 0 Å². The molecular formula is C12H20F3NO2S. The van der Waals surface area contributed by atoms with E-state index in [9.17, 15) is 18.0 Å². The van der Waals surface area contributed by atoms with Crippen molar-refractivity contribution in [2.45, 2.75) is 49.6 Å². The number of ether oxygens (including phenoxy) is 1. The molecular weight excluding hydrogens is 279 g/mol. The van der Waals surface area contributed by atoms with Gasteiger partial charge in [-0.15, -0.1) is 0 Å². The van der Waals surface area contributed by atoms with Crippen molar-refractivity contribution >= 4 is 17.7 Å². The zero-order valence-corrected chi connectivity index (χ0v) is 11.8. The molecule has 0 heterocycles. The van der Waals surface area contributed by atoms with Gasteiger partial charge in [0.25, 0.3) is 0 Å². The lowest BCUT2D eigenvalue weighted by molar-refractivity contribution is -0.174. The second-order valence-corrected chi connectivity index (χ2v) is 5.84. The quantitative estimate of drug-likeness (QED) is 0.766. The van der Waals surface area contributed by atoms with Crippen molar-refractivity contribution in [3.8, 4) is 0 Å². The van der Waals surface area contributed by atoms with Crippen LogP contribution in [0, 0.1) is 0 Å². The van der Waals surface area contributed by atoms with E-state index in [1.54, 1.807) is 11.8 Å². The van der Waals surface area contributed by atoms with Crippen LogP contribution in [-0.2, 0) is 9.53 Å². The zero-order valence-electron chi connectivity index (χ0n) is 11.0. The molecule has 1 N–H and O–H groups in total. The Morgan fingerprint density at radius 2 is 2.16 bits per heavy atom. The van der Waals surface area contributed by atoms with Gasteiger partial charge < -0.3 is 10.1 Å². The molecule has 2 atom stereocenters. The van der Waals surface area contributed by atoms with E-state index in [0.29, 0.717) is 5.25 Å². The molecule has 112 valence electrons. The van der Waals surface area contributed by atoms with E-state index < -0.39 is 12.8 Å². The number of nitrogens with one attached hydrogen (secondary N) is 1. The fraction of sp³-hybridized carbons (Fsp3) is 0.917. The molecule has 1 aliphatic carbocycles. The lowest BCUT2D eigenvalue weighted by Crippen LogP contribution is -2.39. The predicted octanol–water partition coefficient (Wildman–Crippen LogP) is 2.75. The summed E-state index contributed by atoms with van der Waals surface area (Å²) in [6.45, 7) is -1.48. The van der Waals surface area contributed by atoms with Gasteiger partial charge in [-0.2, -0.15) is 24.9 Å². The van der Waals surface area contributed by atoms with Gasteiger partial charge in [-0.25, -0.2) is 0 Å². The summed E-state index contributed by atoms with van der Waals surface area (Å²) in [5.74, 6) is -0.228. The van der Waals surface area contributed by atoms with Crippen molar-refractivity contribution < 1.29 is 22.7 Å². The molecule has 0 aromatic heterocycles. The van der Waals surface area contributed by atoms with E-state index in [-0.39, 0.29) is 25.0 Å². The summed E-state index contributed by atoms with van der Waals surface area (Å²) in [7, 11) is 0. The first-order valence-electron chi connectivity index (χ1n) is 6.37. The SMILES string of the molecule is CS[C@@H]1CCC[C@H](NC(=O)CCOCC(F)(F)F)C1. The topological polar surface area (TPSA) is 38.3 Å². The molecule has 1 amide bonds. The van der Waals surface area contributed by atoms with Crippen LogP contribution in [0.2, 0.25) is 0 Å². The molecule has 7 heteroatoms. The molecule has 1 fully saturated rings. The van der Waals surface area contributed by atoms with Gasteiger partial charge in [0.15, 0.2) is 0 Å². The molecule has 0 bridgehead atoms. The number of amides is 1. The first kappa shape index (κ1) is 16.6. The minimum absolute atomic E-state index is 0.0173. The summed E-state index contributed by atoms with van der Waals surface area (Å²) in [5.41, 5.74) is 0. The number of halogens is 3. The van der Waals surface area contributed by atoms with Crippen molar-refractivity contribution in [3.05, 3.63) is 0 Å². The molecule has 0 aromatic carbocycles. The second-order valence-electron chi connectivity index (χ2n) is 4.71. The van der Waals surface area contributed by atoms with E-state index in [1.807, 2.05) is 0 Å². The van der Waals surface area contributed by atoms with Crippen LogP contribution in [0.1, 0.15) is 32.1 Å². The molecule has 0 radical (unpaired) electrons. The van der Waals surface area contributed by atoms with Crippen molar-refractivity contribution in [2.24, 2.45) is 0 Å². The molecule has 0 aliphatic heterocycles. The summed E-state index contributed by atoms with van der Waals surface area (Å²) < 4.78 is 39.8. The lowest BCUT2D eigenvalue weighted by Gasteiger charge is -2.28. The number of carbonyl (C=O) groups is 1. The van der Waals surface area contributed by atoms with Crippen molar-refractivity contribution in [1.29, 1.82) is 0 Å². The van der Waals surface area contributed by atoms with Gasteiger partial charge in [0.1, 0.15) is 6.61 Å². The van der Waals surface area contributed by atoms with Gasteiger partial charge >= 0.3 is 6.18 Å². The average molecular weight is 299 g/mol. The van der Waals surface area contributed by atoms with Crippen LogP contribution in [0.3, 0.4) is 0 Å². The first-order valence-corrected chi connectivity index (χ1v) is 7.66. The Bertz CT molecular complexity index is 287. The third kappa shape index (κ3) is 7.67. The molecule has 0 unspecified atom stereocenters. The normalized spacial score (nSPS) is 24.2. The van der Waals surface area contributed by atoms with E-state index in [4.69, 9.17) is 0 Å². The summed E-state index contributed by atoms with van der Waals surface area (Å²) in [5, 5.41) is 3.44. The second kappa shape index (κ2) is 7.99. The Balaban J connectivity index is 2.13. The maximum atomic E-state index is 11.8. The van der Waals surface area contributed by atoms with Crippen LogP contribution in [0.15, 0.2) is 0 Å². The zero-order chi connectivity index (χ0) is 14.3. The molecule has 19 heavy (non-hydrogen) atoms. The van der Waals surface area contributed by atoms with Gasteiger partial charge in [0, 0.05) is 17.7 Å². The fourth-order valence-electron chi connectivity index (χ4n) is 2.14. The number of hydrogen-bond acceptors (Lipinski definition) is 3. The Morgan fingerprint density at radius 1 is 1.42 bits per heavy atom. The first-order chi connectivity index (χ1) is 8.90. The molecule has 1 rings (SSSR count). The fourth-order valence-corrected chi connectivity index (χ4v) is 2.97. The van der Waals surface area contributed by atoms with Crippen molar-refractivity contribution in [1.82, 2.24) is 5.32 Å². The highest BCUT2D eigenvalue weighted by Crippen LogP contribution is 2.26.